The summed E-state index contributed by atoms with van der Waals surface area (Å²) < 4.78 is 47.2. The monoisotopic (exact) mass is 473 g/mol. The lowest BCUT2D eigenvalue weighted by Crippen LogP contribution is -2.42. The fraction of sp³-hybridized carbons (Fsp3) is 0.333. The van der Waals surface area contributed by atoms with E-state index in [4.69, 9.17) is 4.74 Å². The fourth-order valence-electron chi connectivity index (χ4n) is 4.18. The van der Waals surface area contributed by atoms with Crippen LogP contribution in [0.3, 0.4) is 0 Å². The van der Waals surface area contributed by atoms with Crippen molar-refractivity contribution < 1.29 is 22.7 Å². The zero-order chi connectivity index (χ0) is 24.2. The molecule has 0 bridgehead atoms. The predicted molar refractivity (Wildman–Crippen MR) is 122 cm³/mol. The number of methoxy groups -OCH3 is 1. The highest BCUT2D eigenvalue weighted by Crippen LogP contribution is 2.29. The minimum Gasteiger partial charge on any atom is -0.383 e. The summed E-state index contributed by atoms with van der Waals surface area (Å²) in [4.78, 5) is 14.9. The molecule has 2 heterocycles. The predicted octanol–water partition coefficient (Wildman–Crippen LogP) is 3.74. The van der Waals surface area contributed by atoms with E-state index in [0.717, 1.165) is 6.07 Å². The number of ether oxygens (including phenoxy) is 1. The van der Waals surface area contributed by atoms with Gasteiger partial charge in [-0.3, -0.25) is 14.9 Å². The van der Waals surface area contributed by atoms with Crippen LogP contribution < -0.4 is 10.6 Å². The number of benzene rings is 2. The Morgan fingerprint density at radius 2 is 1.85 bits per heavy atom. The van der Waals surface area contributed by atoms with E-state index in [9.17, 15) is 18.0 Å². The topological polar surface area (TPSA) is 71.4 Å². The van der Waals surface area contributed by atoms with Crippen LogP contribution in [0.4, 0.5) is 23.8 Å². The van der Waals surface area contributed by atoms with E-state index < -0.39 is 17.7 Å². The molecule has 3 aromatic rings. The number of carbonyl (C=O) groups is 1. The molecule has 1 fully saturated rings. The van der Waals surface area contributed by atoms with Crippen LogP contribution in [0.1, 0.15) is 11.5 Å². The third kappa shape index (κ3) is 5.40. The van der Waals surface area contributed by atoms with Crippen LogP contribution in [-0.4, -0.2) is 60.1 Å². The van der Waals surface area contributed by atoms with Gasteiger partial charge in [0.25, 0.3) is 0 Å². The first-order valence-electron chi connectivity index (χ1n) is 10.9. The lowest BCUT2D eigenvalue weighted by Gasteiger charge is -2.20. The summed E-state index contributed by atoms with van der Waals surface area (Å²) in [5.41, 5.74) is 1.92. The van der Waals surface area contributed by atoms with Gasteiger partial charge in [0.1, 0.15) is 11.6 Å². The Labute approximate surface area is 195 Å². The Kier molecular flexibility index (Phi) is 7.18. The first kappa shape index (κ1) is 23.8. The first-order valence-corrected chi connectivity index (χ1v) is 10.9. The van der Waals surface area contributed by atoms with Crippen molar-refractivity contribution in [3.8, 4) is 11.3 Å². The molecule has 1 aliphatic heterocycles. The molecule has 2 N–H and O–H groups in total. The van der Waals surface area contributed by atoms with E-state index in [-0.39, 0.29) is 17.8 Å². The van der Waals surface area contributed by atoms with Gasteiger partial charge in [-0.15, -0.1) is 0 Å². The standard InChI is InChI=1S/C24H26F3N5O2/c1-31-23(12-21(30-31)15-3-6-17(25)7-4-15)29-24(33)28-22-14-32(9-10-34-2)13-18(22)16-5-8-19(26)20(27)11-16/h3-8,11-12,18,22H,9-10,13-14H2,1-2H3,(H2,28,29,33). The Balaban J connectivity index is 1.47. The highest BCUT2D eigenvalue weighted by atomic mass is 19.2. The van der Waals surface area contributed by atoms with E-state index in [2.05, 4.69) is 20.6 Å². The number of anilines is 1. The van der Waals surface area contributed by atoms with E-state index in [1.54, 1.807) is 38.4 Å². The number of hydrogen-bond acceptors (Lipinski definition) is 4. The molecular formula is C24H26F3N5O2. The van der Waals surface area contributed by atoms with Gasteiger partial charge in [-0.25, -0.2) is 18.0 Å². The minimum absolute atomic E-state index is 0.223. The van der Waals surface area contributed by atoms with Crippen LogP contribution in [-0.2, 0) is 11.8 Å². The number of halogens is 3. The molecule has 7 nitrogen and oxygen atoms in total. The van der Waals surface area contributed by atoms with Gasteiger partial charge in [0.15, 0.2) is 11.6 Å². The van der Waals surface area contributed by atoms with Crippen LogP contribution in [0, 0.1) is 17.5 Å². The van der Waals surface area contributed by atoms with Crippen molar-refractivity contribution in [3.05, 3.63) is 71.5 Å². The summed E-state index contributed by atoms with van der Waals surface area (Å²) in [5, 5.41) is 10.1. The number of aromatic nitrogens is 2. The van der Waals surface area contributed by atoms with E-state index in [0.29, 0.717) is 48.9 Å². The molecule has 0 saturated carbocycles. The number of urea groups is 1. The van der Waals surface area contributed by atoms with Gasteiger partial charge in [-0.05, 0) is 42.0 Å². The van der Waals surface area contributed by atoms with Crippen molar-refractivity contribution in [3.63, 3.8) is 0 Å². The zero-order valence-electron chi connectivity index (χ0n) is 18.9. The van der Waals surface area contributed by atoms with Gasteiger partial charge in [0, 0.05) is 51.3 Å². The van der Waals surface area contributed by atoms with Crippen molar-refractivity contribution in [1.29, 1.82) is 0 Å². The normalized spacial score (nSPS) is 18.3. The summed E-state index contributed by atoms with van der Waals surface area (Å²) >= 11 is 0. The molecule has 2 amide bonds. The lowest BCUT2D eigenvalue weighted by molar-refractivity contribution is 0.159. The van der Waals surface area contributed by atoms with E-state index in [1.807, 2.05) is 0 Å². The number of hydrogen-bond donors (Lipinski definition) is 2. The largest absolute Gasteiger partial charge is 0.383 e. The Morgan fingerprint density at radius 1 is 1.09 bits per heavy atom. The lowest BCUT2D eigenvalue weighted by atomic mass is 9.94. The van der Waals surface area contributed by atoms with Crippen LogP contribution in [0.15, 0.2) is 48.5 Å². The van der Waals surface area contributed by atoms with Gasteiger partial charge in [0.2, 0.25) is 0 Å². The highest BCUT2D eigenvalue weighted by molar-refractivity contribution is 5.89. The summed E-state index contributed by atoms with van der Waals surface area (Å²) in [6.07, 6.45) is 0. The maximum Gasteiger partial charge on any atom is 0.320 e. The molecular weight excluding hydrogens is 447 g/mol. The van der Waals surface area contributed by atoms with E-state index >= 15 is 0 Å². The number of amides is 2. The third-order valence-corrected chi connectivity index (χ3v) is 5.96. The van der Waals surface area contributed by atoms with Gasteiger partial charge >= 0.3 is 6.03 Å². The molecule has 1 aliphatic rings. The van der Waals surface area contributed by atoms with Crippen LogP contribution >= 0.6 is 0 Å². The molecule has 0 radical (unpaired) electrons. The average Bonchev–Trinajstić information content (AvgIpc) is 3.37. The fourth-order valence-corrected chi connectivity index (χ4v) is 4.18. The number of aryl methyl sites for hydroxylation is 1. The van der Waals surface area contributed by atoms with Gasteiger partial charge in [-0.1, -0.05) is 6.07 Å². The number of rotatable bonds is 7. The Morgan fingerprint density at radius 3 is 2.56 bits per heavy atom. The first-order chi connectivity index (χ1) is 16.3. The molecule has 1 saturated heterocycles. The van der Waals surface area contributed by atoms with Crippen molar-refractivity contribution in [2.45, 2.75) is 12.0 Å². The van der Waals surface area contributed by atoms with Crippen molar-refractivity contribution in [2.24, 2.45) is 7.05 Å². The van der Waals surface area contributed by atoms with Crippen LogP contribution in [0.5, 0.6) is 0 Å². The summed E-state index contributed by atoms with van der Waals surface area (Å²) in [7, 11) is 3.30. The van der Waals surface area contributed by atoms with Crippen molar-refractivity contribution in [2.75, 3.05) is 38.7 Å². The number of carbonyl (C=O) groups excluding carboxylic acids is 1. The van der Waals surface area contributed by atoms with Gasteiger partial charge in [-0.2, -0.15) is 5.10 Å². The van der Waals surface area contributed by atoms with Crippen LogP contribution in [0.25, 0.3) is 11.3 Å². The summed E-state index contributed by atoms with van der Waals surface area (Å²) in [6.45, 7) is 2.27. The van der Waals surface area contributed by atoms with Crippen molar-refractivity contribution >= 4 is 11.8 Å². The Bertz CT molecular complexity index is 1150. The number of likely N-dealkylation sites (tertiary alicyclic amines) is 1. The quantitative estimate of drug-likeness (QED) is 0.549. The zero-order valence-corrected chi connectivity index (χ0v) is 18.9. The number of nitrogens with zero attached hydrogens (tertiary/aromatic N) is 3. The van der Waals surface area contributed by atoms with Crippen LogP contribution in [0.2, 0.25) is 0 Å². The molecule has 2 atom stereocenters. The Hall–Kier alpha value is -3.37. The van der Waals surface area contributed by atoms with Gasteiger partial charge in [0.05, 0.1) is 18.3 Å². The smallest absolute Gasteiger partial charge is 0.320 e. The molecule has 2 aromatic carbocycles. The second kappa shape index (κ2) is 10.3. The molecule has 10 heteroatoms. The number of nitrogens with one attached hydrogen (secondary N) is 2. The van der Waals surface area contributed by atoms with Crippen molar-refractivity contribution in [1.82, 2.24) is 20.0 Å². The molecule has 1 aromatic heterocycles. The molecule has 4 rings (SSSR count). The second-order valence-corrected chi connectivity index (χ2v) is 8.28. The second-order valence-electron chi connectivity index (χ2n) is 8.28. The summed E-state index contributed by atoms with van der Waals surface area (Å²) in [6, 6.07) is 10.7. The SMILES string of the molecule is COCCN1CC(NC(=O)Nc2cc(-c3ccc(F)cc3)nn2C)C(c2ccc(F)c(F)c2)C1. The summed E-state index contributed by atoms with van der Waals surface area (Å²) in [5.74, 6) is -1.94. The molecule has 180 valence electrons. The third-order valence-electron chi connectivity index (χ3n) is 5.96. The molecule has 2 unspecified atom stereocenters. The molecule has 0 aliphatic carbocycles. The maximum atomic E-state index is 13.9. The van der Waals surface area contributed by atoms with E-state index in [1.165, 1.54) is 22.9 Å². The molecule has 34 heavy (non-hydrogen) atoms. The van der Waals surface area contributed by atoms with Gasteiger partial charge < -0.3 is 10.1 Å². The minimum atomic E-state index is -0.917. The highest BCUT2D eigenvalue weighted by Gasteiger charge is 2.35. The molecule has 0 spiro atoms. The maximum absolute atomic E-state index is 13.9. The average molecular weight is 473 g/mol.